The molecule has 0 saturated carbocycles. The monoisotopic (exact) mass is 585 g/mol. The molecule has 2 aliphatic heterocycles. The van der Waals surface area contributed by atoms with Crippen molar-refractivity contribution < 1.29 is 28.5 Å². The number of rotatable bonds is 6. The van der Waals surface area contributed by atoms with Crippen LogP contribution < -0.4 is 24.3 Å². The van der Waals surface area contributed by atoms with Crippen molar-refractivity contribution in [2.45, 2.75) is 17.9 Å². The number of hydrogen-bond acceptors (Lipinski definition) is 6. The van der Waals surface area contributed by atoms with Gasteiger partial charge in [-0.3, -0.25) is 4.79 Å². The minimum atomic E-state index is -1.49. The summed E-state index contributed by atoms with van der Waals surface area (Å²) in [6.07, 6.45) is 0.183. The Morgan fingerprint density at radius 1 is 0.949 bits per heavy atom. The Morgan fingerprint density at radius 2 is 1.64 bits per heavy atom. The number of halogens is 1. The van der Waals surface area contributed by atoms with Crippen molar-refractivity contribution in [2.75, 3.05) is 13.9 Å². The van der Waals surface area contributed by atoms with Crippen LogP contribution in [0.4, 0.5) is 0 Å². The van der Waals surface area contributed by atoms with Crippen molar-refractivity contribution in [2.24, 2.45) is 0 Å². The first-order valence-electron chi connectivity index (χ1n) is 12.4. The van der Waals surface area contributed by atoms with Crippen LogP contribution in [0.2, 0.25) is 0 Å². The fourth-order valence-corrected chi connectivity index (χ4v) is 5.48. The second-order valence-electron chi connectivity index (χ2n) is 9.43. The average Bonchev–Trinajstić information content (AvgIpc) is 3.42. The third-order valence-corrected chi connectivity index (χ3v) is 7.62. The Labute approximate surface area is 233 Å². The molecule has 2 aliphatic rings. The maximum Gasteiger partial charge on any atom is 0.338 e. The van der Waals surface area contributed by atoms with E-state index in [1.165, 1.54) is 0 Å². The topological polar surface area (TPSA) is 83.1 Å². The van der Waals surface area contributed by atoms with Crippen LogP contribution in [0.1, 0.15) is 33.0 Å². The number of nitrogens with one attached hydrogen (secondary N) is 1. The van der Waals surface area contributed by atoms with Gasteiger partial charge in [-0.2, -0.15) is 0 Å². The zero-order valence-electron chi connectivity index (χ0n) is 21.0. The molecule has 0 bridgehead atoms. The SMILES string of the molecule is COc1ccc([C@@H]2c3cc4c(cc3OC(=O)[C@]2(Cc2ccc(Br)cc2)NC(=O)c2ccccc2)OCO4)cc1. The van der Waals surface area contributed by atoms with Crippen molar-refractivity contribution in [3.05, 3.63) is 118 Å². The van der Waals surface area contributed by atoms with E-state index in [-0.39, 0.29) is 19.1 Å². The number of ether oxygens (including phenoxy) is 4. The summed E-state index contributed by atoms with van der Waals surface area (Å²) < 4.78 is 23.5. The molecular formula is C31H24BrNO6. The number of carbonyl (C=O) groups is 2. The van der Waals surface area contributed by atoms with E-state index in [0.717, 1.165) is 15.6 Å². The van der Waals surface area contributed by atoms with Crippen LogP contribution in [0.5, 0.6) is 23.0 Å². The van der Waals surface area contributed by atoms with E-state index in [2.05, 4.69) is 21.2 Å². The minimum absolute atomic E-state index is 0.0775. The van der Waals surface area contributed by atoms with Crippen molar-refractivity contribution in [3.63, 3.8) is 0 Å². The van der Waals surface area contributed by atoms with Gasteiger partial charge in [0.25, 0.3) is 5.91 Å². The largest absolute Gasteiger partial charge is 0.497 e. The van der Waals surface area contributed by atoms with Crippen LogP contribution in [0.25, 0.3) is 0 Å². The molecule has 0 saturated heterocycles. The quantitative estimate of drug-likeness (QED) is 0.232. The second-order valence-corrected chi connectivity index (χ2v) is 10.3. The first kappa shape index (κ1) is 25.0. The zero-order chi connectivity index (χ0) is 27.0. The summed E-state index contributed by atoms with van der Waals surface area (Å²) in [7, 11) is 1.60. The first-order chi connectivity index (χ1) is 19.0. The summed E-state index contributed by atoms with van der Waals surface area (Å²) in [5.74, 6) is 0.529. The number of benzene rings is 4. The van der Waals surface area contributed by atoms with E-state index in [9.17, 15) is 9.59 Å². The summed E-state index contributed by atoms with van der Waals surface area (Å²) in [6.45, 7) is 0.0775. The van der Waals surface area contributed by atoms with E-state index >= 15 is 0 Å². The number of methoxy groups -OCH3 is 1. The predicted octanol–water partition coefficient (Wildman–Crippen LogP) is 5.65. The number of carbonyl (C=O) groups excluding carboxylic acids is 2. The van der Waals surface area contributed by atoms with Crippen molar-refractivity contribution >= 4 is 27.8 Å². The lowest BCUT2D eigenvalue weighted by molar-refractivity contribution is -0.143. The highest BCUT2D eigenvalue weighted by molar-refractivity contribution is 9.10. The Morgan fingerprint density at radius 3 is 2.33 bits per heavy atom. The highest BCUT2D eigenvalue weighted by Gasteiger charge is 2.54. The van der Waals surface area contributed by atoms with Gasteiger partial charge < -0.3 is 24.3 Å². The normalized spacial score (nSPS) is 19.1. The van der Waals surface area contributed by atoms with Crippen LogP contribution >= 0.6 is 15.9 Å². The lowest BCUT2D eigenvalue weighted by Gasteiger charge is -2.43. The molecule has 8 heteroatoms. The zero-order valence-corrected chi connectivity index (χ0v) is 22.6. The summed E-state index contributed by atoms with van der Waals surface area (Å²) in [4.78, 5) is 27.9. The molecular weight excluding hydrogens is 562 g/mol. The molecule has 2 heterocycles. The van der Waals surface area contributed by atoms with Gasteiger partial charge in [0.2, 0.25) is 6.79 Å². The summed E-state index contributed by atoms with van der Waals surface area (Å²) >= 11 is 3.48. The first-order valence-corrected chi connectivity index (χ1v) is 13.2. The fraction of sp³-hybridized carbons (Fsp3) is 0.161. The summed E-state index contributed by atoms with van der Waals surface area (Å²) in [6, 6.07) is 27.5. The molecule has 4 aromatic rings. The van der Waals surface area contributed by atoms with Gasteiger partial charge in [-0.05, 0) is 53.6 Å². The molecule has 0 aromatic heterocycles. The molecule has 39 heavy (non-hydrogen) atoms. The Kier molecular flexibility index (Phi) is 6.48. The van der Waals surface area contributed by atoms with Crippen LogP contribution in [0.3, 0.4) is 0 Å². The number of hydrogen-bond donors (Lipinski definition) is 1. The minimum Gasteiger partial charge on any atom is -0.497 e. The third-order valence-electron chi connectivity index (χ3n) is 7.09. The Hall–Kier alpha value is -4.30. The molecule has 196 valence electrons. The molecule has 0 spiro atoms. The van der Waals surface area contributed by atoms with Crippen LogP contribution in [0.15, 0.2) is 95.5 Å². The smallest absolute Gasteiger partial charge is 0.338 e. The predicted molar refractivity (Wildman–Crippen MR) is 148 cm³/mol. The Balaban J connectivity index is 1.56. The van der Waals surface area contributed by atoms with Gasteiger partial charge >= 0.3 is 5.97 Å². The Bertz CT molecular complexity index is 1540. The van der Waals surface area contributed by atoms with Crippen LogP contribution in [-0.2, 0) is 11.2 Å². The maximum atomic E-state index is 14.2. The molecule has 0 fully saturated rings. The maximum absolute atomic E-state index is 14.2. The van der Waals surface area contributed by atoms with Crippen molar-refractivity contribution in [3.8, 4) is 23.0 Å². The highest BCUT2D eigenvalue weighted by Crippen LogP contribution is 2.50. The molecule has 2 atom stereocenters. The molecule has 0 radical (unpaired) electrons. The van der Waals surface area contributed by atoms with Crippen LogP contribution in [0, 0.1) is 0 Å². The molecule has 7 nitrogen and oxygen atoms in total. The van der Waals surface area contributed by atoms with E-state index in [1.54, 1.807) is 37.4 Å². The van der Waals surface area contributed by atoms with E-state index < -0.39 is 17.4 Å². The van der Waals surface area contributed by atoms with Crippen molar-refractivity contribution in [1.29, 1.82) is 0 Å². The van der Waals surface area contributed by atoms with Gasteiger partial charge in [-0.1, -0.05) is 58.4 Å². The molecule has 1 N–H and O–H groups in total. The summed E-state index contributed by atoms with van der Waals surface area (Å²) in [5, 5.41) is 3.12. The number of esters is 1. The fourth-order valence-electron chi connectivity index (χ4n) is 5.22. The van der Waals surface area contributed by atoms with E-state index in [4.69, 9.17) is 18.9 Å². The van der Waals surface area contributed by atoms with Crippen molar-refractivity contribution in [1.82, 2.24) is 5.32 Å². The number of amides is 1. The van der Waals surface area contributed by atoms with Gasteiger partial charge in [0, 0.05) is 34.0 Å². The molecule has 0 unspecified atom stereocenters. The van der Waals surface area contributed by atoms with Gasteiger partial charge in [0.1, 0.15) is 11.5 Å². The molecule has 1 amide bonds. The van der Waals surface area contributed by atoms with Gasteiger partial charge in [-0.15, -0.1) is 0 Å². The van der Waals surface area contributed by atoms with Gasteiger partial charge in [0.05, 0.1) is 7.11 Å². The second kappa shape index (κ2) is 10.1. The van der Waals surface area contributed by atoms with Gasteiger partial charge in [0.15, 0.2) is 17.0 Å². The third kappa shape index (κ3) is 4.61. The average molecular weight is 586 g/mol. The lowest BCUT2D eigenvalue weighted by Crippen LogP contribution is -2.63. The van der Waals surface area contributed by atoms with Gasteiger partial charge in [-0.25, -0.2) is 4.79 Å². The number of fused-ring (bicyclic) bond motifs is 2. The van der Waals surface area contributed by atoms with Crippen LogP contribution in [-0.4, -0.2) is 31.3 Å². The molecule has 6 rings (SSSR count). The van der Waals surface area contributed by atoms with E-state index in [0.29, 0.717) is 34.1 Å². The lowest BCUT2D eigenvalue weighted by atomic mass is 9.69. The molecule has 0 aliphatic carbocycles. The standard InChI is InChI=1S/C31H24BrNO6/c1-36-23-13-9-20(10-14-23)28-24-15-26-27(38-18-37-26)16-25(24)39-30(35)31(28,17-19-7-11-22(32)12-8-19)33-29(34)21-5-3-2-4-6-21/h2-16,28H,17-18H2,1H3,(H,33,34)/t28-,31-/m1/s1. The highest BCUT2D eigenvalue weighted by atomic mass is 79.9. The molecule has 4 aromatic carbocycles. The summed E-state index contributed by atoms with van der Waals surface area (Å²) in [5.41, 5.74) is 1.31. The van der Waals surface area contributed by atoms with E-state index in [1.807, 2.05) is 60.7 Å².